The highest BCUT2D eigenvalue weighted by molar-refractivity contribution is 6.23. The van der Waals surface area contributed by atoms with E-state index in [-0.39, 0.29) is 0 Å². The Labute approximate surface area is 352 Å². The fourth-order valence-corrected chi connectivity index (χ4v) is 8.90. The molecule has 0 saturated heterocycles. The van der Waals surface area contributed by atoms with Crippen LogP contribution in [0, 0.1) is 0 Å². The van der Waals surface area contributed by atoms with E-state index in [1.807, 2.05) is 30.3 Å². The number of benzene rings is 10. The smallest absolute Gasteiger partial charge is 0.164 e. The van der Waals surface area contributed by atoms with Gasteiger partial charge in [-0.2, -0.15) is 0 Å². The van der Waals surface area contributed by atoms with Crippen LogP contribution in [0.1, 0.15) is 0 Å². The van der Waals surface area contributed by atoms with Crippen LogP contribution in [0.2, 0.25) is 0 Å². The van der Waals surface area contributed by atoms with E-state index in [4.69, 9.17) is 19.4 Å². The first kappa shape index (κ1) is 34.8. The highest BCUT2D eigenvalue weighted by atomic mass is 16.3. The van der Waals surface area contributed by atoms with Crippen LogP contribution < -0.4 is 0 Å². The summed E-state index contributed by atoms with van der Waals surface area (Å²) in [7, 11) is 0. The largest absolute Gasteiger partial charge is 0.455 e. The fraction of sp³-hybridized carbons (Fsp3) is 0. The number of furan rings is 1. The molecule has 2 heterocycles. The van der Waals surface area contributed by atoms with Gasteiger partial charge in [0, 0.05) is 33.0 Å². The molecule has 61 heavy (non-hydrogen) atoms. The number of rotatable bonds is 6. The molecule has 12 aromatic rings. The molecule has 0 saturated carbocycles. The molecule has 0 aliphatic carbocycles. The Balaban J connectivity index is 0.985. The van der Waals surface area contributed by atoms with Gasteiger partial charge in [0.25, 0.3) is 0 Å². The second-order valence-corrected chi connectivity index (χ2v) is 15.5. The van der Waals surface area contributed by atoms with Gasteiger partial charge in [-0.3, -0.25) is 0 Å². The molecule has 284 valence electrons. The van der Waals surface area contributed by atoms with E-state index in [1.54, 1.807) is 0 Å². The van der Waals surface area contributed by atoms with Crippen LogP contribution in [0.25, 0.3) is 122 Å². The molecule has 0 aliphatic rings. The molecule has 12 rings (SSSR count). The fourth-order valence-electron chi connectivity index (χ4n) is 8.90. The molecule has 0 N–H and O–H groups in total. The Bertz CT molecular complexity index is 3620. The molecule has 2 aromatic heterocycles. The van der Waals surface area contributed by atoms with Crippen LogP contribution in [-0.4, -0.2) is 15.0 Å². The summed E-state index contributed by atoms with van der Waals surface area (Å²) in [5, 5.41) is 9.20. The quantitative estimate of drug-likeness (QED) is 0.169. The summed E-state index contributed by atoms with van der Waals surface area (Å²) >= 11 is 0. The molecule has 0 amide bonds. The Hall–Kier alpha value is -8.21. The number of nitrogens with zero attached hydrogens (tertiary/aromatic N) is 3. The molecule has 0 atom stereocenters. The van der Waals surface area contributed by atoms with Crippen molar-refractivity contribution in [2.45, 2.75) is 0 Å². The molecule has 4 nitrogen and oxygen atoms in total. The highest BCUT2D eigenvalue weighted by Crippen LogP contribution is 2.43. The lowest BCUT2D eigenvalue weighted by Gasteiger charge is -2.11. The lowest BCUT2D eigenvalue weighted by atomic mass is 9.95. The van der Waals surface area contributed by atoms with Gasteiger partial charge in [-0.1, -0.05) is 200 Å². The molecule has 0 fully saturated rings. The van der Waals surface area contributed by atoms with Crippen LogP contribution in [0.3, 0.4) is 0 Å². The topological polar surface area (TPSA) is 51.8 Å². The average Bonchev–Trinajstić information content (AvgIpc) is 3.73. The Kier molecular flexibility index (Phi) is 8.13. The molecule has 0 radical (unpaired) electrons. The van der Waals surface area contributed by atoms with Gasteiger partial charge in [-0.15, -0.1) is 0 Å². The van der Waals surface area contributed by atoms with Crippen LogP contribution in [0.4, 0.5) is 0 Å². The molecule has 0 unspecified atom stereocenters. The third kappa shape index (κ3) is 6.04. The van der Waals surface area contributed by atoms with E-state index in [1.165, 1.54) is 38.2 Å². The maximum atomic E-state index is 6.92. The first-order chi connectivity index (χ1) is 30.2. The van der Waals surface area contributed by atoms with Crippen molar-refractivity contribution in [3.8, 4) is 67.5 Å². The summed E-state index contributed by atoms with van der Waals surface area (Å²) in [5.74, 6) is 1.81. The standard InChI is InChI=1S/C57H35N3O/c1-2-14-41(15-3-1)55-58-56(42-31-24-37(25-32-42)44-33-26-36-12-4-5-16-43(36)34-44)60-57(59-55)51-35-52-53(49-20-9-8-19-48(49)51)50-23-11-22-47(54(50)61-52)40-29-27-39(28-30-40)46-21-10-17-38-13-6-7-18-45(38)46/h1-35H. The van der Waals surface area contributed by atoms with Crippen molar-refractivity contribution < 1.29 is 4.42 Å². The molecule has 10 aromatic carbocycles. The van der Waals surface area contributed by atoms with Gasteiger partial charge in [-0.25, -0.2) is 15.0 Å². The third-order valence-electron chi connectivity index (χ3n) is 11.9. The van der Waals surface area contributed by atoms with Crippen LogP contribution in [-0.2, 0) is 0 Å². The van der Waals surface area contributed by atoms with E-state index in [0.29, 0.717) is 17.5 Å². The second kappa shape index (κ2) is 14.3. The van der Waals surface area contributed by atoms with Crippen molar-refractivity contribution in [1.29, 1.82) is 0 Å². The zero-order chi connectivity index (χ0) is 40.3. The molecule has 0 aliphatic heterocycles. The zero-order valence-electron chi connectivity index (χ0n) is 33.0. The second-order valence-electron chi connectivity index (χ2n) is 15.5. The van der Waals surface area contributed by atoms with E-state index >= 15 is 0 Å². The van der Waals surface area contributed by atoms with Gasteiger partial charge in [-0.05, 0) is 72.3 Å². The van der Waals surface area contributed by atoms with E-state index in [2.05, 4.69) is 182 Å². The zero-order valence-corrected chi connectivity index (χ0v) is 33.0. The Morgan fingerprint density at radius 2 is 0.803 bits per heavy atom. The van der Waals surface area contributed by atoms with Gasteiger partial charge in [0.15, 0.2) is 17.5 Å². The van der Waals surface area contributed by atoms with Crippen LogP contribution in [0.15, 0.2) is 217 Å². The van der Waals surface area contributed by atoms with Gasteiger partial charge in [0.2, 0.25) is 0 Å². The van der Waals surface area contributed by atoms with Crippen molar-refractivity contribution in [2.75, 3.05) is 0 Å². The van der Waals surface area contributed by atoms with E-state index in [0.717, 1.165) is 66.1 Å². The summed E-state index contributed by atoms with van der Waals surface area (Å²) in [6.45, 7) is 0. The Morgan fingerprint density at radius 1 is 0.279 bits per heavy atom. The van der Waals surface area contributed by atoms with Gasteiger partial charge in [0.05, 0.1) is 0 Å². The number of para-hydroxylation sites is 1. The number of fused-ring (bicyclic) bond motifs is 7. The summed E-state index contributed by atoms with van der Waals surface area (Å²) in [4.78, 5) is 15.4. The van der Waals surface area contributed by atoms with Gasteiger partial charge >= 0.3 is 0 Å². The maximum Gasteiger partial charge on any atom is 0.164 e. The first-order valence-corrected chi connectivity index (χ1v) is 20.6. The van der Waals surface area contributed by atoms with Crippen molar-refractivity contribution >= 4 is 54.3 Å². The SMILES string of the molecule is c1ccc(-c2nc(-c3ccc(-c4ccc5ccccc5c4)cc3)nc(-c3cc4oc5c(-c6ccc(-c7cccc8ccccc78)cc6)cccc5c4c4ccccc34)n2)cc1. The number of aromatic nitrogens is 3. The molecule has 4 heteroatoms. The summed E-state index contributed by atoms with van der Waals surface area (Å²) in [6, 6.07) is 74.6. The summed E-state index contributed by atoms with van der Waals surface area (Å²) in [6.07, 6.45) is 0. The maximum absolute atomic E-state index is 6.92. The molecular formula is C57H35N3O. The predicted molar refractivity (Wildman–Crippen MR) is 252 cm³/mol. The number of hydrogen-bond acceptors (Lipinski definition) is 4. The van der Waals surface area contributed by atoms with Crippen molar-refractivity contribution in [3.05, 3.63) is 212 Å². The predicted octanol–water partition coefficient (Wildman–Crippen LogP) is 15.2. The van der Waals surface area contributed by atoms with Crippen molar-refractivity contribution in [1.82, 2.24) is 15.0 Å². The van der Waals surface area contributed by atoms with E-state index in [9.17, 15) is 0 Å². The monoisotopic (exact) mass is 777 g/mol. The molecule has 0 spiro atoms. The van der Waals surface area contributed by atoms with Crippen molar-refractivity contribution in [3.63, 3.8) is 0 Å². The minimum Gasteiger partial charge on any atom is -0.455 e. The van der Waals surface area contributed by atoms with Crippen molar-refractivity contribution in [2.24, 2.45) is 0 Å². The normalized spacial score (nSPS) is 11.6. The summed E-state index contributed by atoms with van der Waals surface area (Å²) in [5.41, 5.74) is 11.2. The van der Waals surface area contributed by atoms with Crippen LogP contribution in [0.5, 0.6) is 0 Å². The third-order valence-corrected chi connectivity index (χ3v) is 11.9. The van der Waals surface area contributed by atoms with Crippen LogP contribution >= 0.6 is 0 Å². The summed E-state index contributed by atoms with van der Waals surface area (Å²) < 4.78 is 6.92. The molecular weight excluding hydrogens is 743 g/mol. The Morgan fingerprint density at radius 3 is 1.59 bits per heavy atom. The molecule has 0 bridgehead atoms. The number of hydrogen-bond donors (Lipinski definition) is 0. The van der Waals surface area contributed by atoms with Gasteiger partial charge < -0.3 is 4.42 Å². The lowest BCUT2D eigenvalue weighted by molar-refractivity contribution is 0.670. The lowest BCUT2D eigenvalue weighted by Crippen LogP contribution is -2.00. The van der Waals surface area contributed by atoms with Gasteiger partial charge in [0.1, 0.15) is 11.2 Å². The minimum atomic E-state index is 0.588. The average molecular weight is 778 g/mol. The first-order valence-electron chi connectivity index (χ1n) is 20.6. The highest BCUT2D eigenvalue weighted by Gasteiger charge is 2.20. The minimum absolute atomic E-state index is 0.588. The van der Waals surface area contributed by atoms with E-state index < -0.39 is 0 Å².